The predicted octanol–water partition coefficient (Wildman–Crippen LogP) is 1.53. The van der Waals surface area contributed by atoms with Crippen LogP contribution in [-0.4, -0.2) is 41.0 Å². The maximum Gasteiger partial charge on any atom is 0.223 e. The van der Waals surface area contributed by atoms with Crippen LogP contribution in [0.4, 0.5) is 5.13 Å². The van der Waals surface area contributed by atoms with Gasteiger partial charge in [0.2, 0.25) is 5.91 Å². The number of nitrogens with one attached hydrogen (secondary N) is 2. The van der Waals surface area contributed by atoms with E-state index in [9.17, 15) is 4.79 Å². The van der Waals surface area contributed by atoms with Crippen molar-refractivity contribution in [3.05, 3.63) is 11.1 Å². The number of likely N-dealkylation sites (tertiary alicyclic amines) is 1. The molecule has 0 aromatic carbocycles. The molecule has 2 atom stereocenters. The van der Waals surface area contributed by atoms with E-state index in [1.807, 2.05) is 5.38 Å². The Morgan fingerprint density at radius 2 is 2.40 bits per heavy atom. The average Bonchev–Trinajstić information content (AvgIpc) is 3.01. The Hall–Kier alpha value is -0.980. The molecule has 1 amide bonds. The molecule has 0 bridgehead atoms. The van der Waals surface area contributed by atoms with E-state index in [0.29, 0.717) is 5.13 Å². The Morgan fingerprint density at radius 3 is 3.10 bits per heavy atom. The molecule has 2 unspecified atom stereocenters. The molecule has 0 spiro atoms. The quantitative estimate of drug-likeness (QED) is 0.888. The van der Waals surface area contributed by atoms with E-state index in [1.54, 1.807) is 0 Å². The van der Waals surface area contributed by atoms with Gasteiger partial charge in [0.25, 0.3) is 0 Å². The number of aromatic nitrogens is 1. The summed E-state index contributed by atoms with van der Waals surface area (Å²) in [6.07, 6.45) is 0. The number of anilines is 1. The molecule has 110 valence electrons. The van der Waals surface area contributed by atoms with Crippen LogP contribution in [0.15, 0.2) is 5.38 Å². The number of carbonyl (C=O) groups is 1. The van der Waals surface area contributed by atoms with Gasteiger partial charge in [-0.2, -0.15) is 0 Å². The van der Waals surface area contributed by atoms with Gasteiger partial charge in [0.1, 0.15) is 0 Å². The second kappa shape index (κ2) is 5.09. The fraction of sp³-hybridized carbons (Fsp3) is 0.714. The van der Waals surface area contributed by atoms with Gasteiger partial charge in [-0.3, -0.25) is 9.69 Å². The summed E-state index contributed by atoms with van der Waals surface area (Å²) in [5.74, 6) is 1.43. The van der Waals surface area contributed by atoms with E-state index < -0.39 is 0 Å². The summed E-state index contributed by atoms with van der Waals surface area (Å²) in [7, 11) is 0. The molecule has 2 saturated heterocycles. The van der Waals surface area contributed by atoms with Crippen LogP contribution < -0.4 is 10.6 Å². The summed E-state index contributed by atoms with van der Waals surface area (Å²) < 4.78 is 0. The van der Waals surface area contributed by atoms with Crippen molar-refractivity contribution in [1.29, 1.82) is 0 Å². The molecule has 3 rings (SSSR count). The number of rotatable bonds is 3. The van der Waals surface area contributed by atoms with Crippen LogP contribution >= 0.6 is 11.3 Å². The molecule has 3 heterocycles. The number of nitrogens with zero attached hydrogens (tertiary/aromatic N) is 2. The highest BCUT2D eigenvalue weighted by Crippen LogP contribution is 2.41. The first-order valence-corrected chi connectivity index (χ1v) is 8.02. The molecule has 0 saturated carbocycles. The van der Waals surface area contributed by atoms with Crippen LogP contribution in [0.2, 0.25) is 0 Å². The van der Waals surface area contributed by atoms with Gasteiger partial charge >= 0.3 is 0 Å². The van der Waals surface area contributed by atoms with Gasteiger partial charge in [0.15, 0.2) is 5.13 Å². The third-order valence-corrected chi connectivity index (χ3v) is 5.51. The minimum atomic E-state index is -0.0620. The van der Waals surface area contributed by atoms with Crippen molar-refractivity contribution < 1.29 is 4.79 Å². The zero-order valence-electron chi connectivity index (χ0n) is 12.3. The standard InChI is InChI=1S/C14H22N4OS/c1-9(19)16-13-17-11(8-20-13)7-18-6-10-4-15-5-12(10)14(18,2)3/h8,10,12,15H,4-7H2,1-3H3,(H,16,17,19). The highest BCUT2D eigenvalue weighted by atomic mass is 32.1. The minimum Gasteiger partial charge on any atom is -0.316 e. The molecule has 0 radical (unpaired) electrons. The summed E-state index contributed by atoms with van der Waals surface area (Å²) in [6.45, 7) is 10.5. The Balaban J connectivity index is 1.69. The van der Waals surface area contributed by atoms with Crippen molar-refractivity contribution in [2.24, 2.45) is 11.8 Å². The van der Waals surface area contributed by atoms with Gasteiger partial charge < -0.3 is 10.6 Å². The average molecular weight is 294 g/mol. The molecule has 20 heavy (non-hydrogen) atoms. The fourth-order valence-corrected chi connectivity index (χ4v) is 4.30. The molecular weight excluding hydrogens is 272 g/mol. The highest BCUT2D eigenvalue weighted by Gasteiger charge is 2.49. The number of hydrogen-bond acceptors (Lipinski definition) is 5. The smallest absolute Gasteiger partial charge is 0.223 e. The van der Waals surface area contributed by atoms with Crippen molar-refractivity contribution >= 4 is 22.4 Å². The van der Waals surface area contributed by atoms with E-state index in [1.165, 1.54) is 18.3 Å². The van der Waals surface area contributed by atoms with E-state index >= 15 is 0 Å². The first-order valence-electron chi connectivity index (χ1n) is 7.14. The van der Waals surface area contributed by atoms with E-state index in [2.05, 4.69) is 34.4 Å². The molecule has 2 fully saturated rings. The molecule has 5 nitrogen and oxygen atoms in total. The summed E-state index contributed by atoms with van der Waals surface area (Å²) in [5.41, 5.74) is 1.27. The number of amides is 1. The van der Waals surface area contributed by atoms with Crippen molar-refractivity contribution in [1.82, 2.24) is 15.2 Å². The van der Waals surface area contributed by atoms with Crippen LogP contribution in [0.1, 0.15) is 26.5 Å². The maximum atomic E-state index is 11.0. The largest absolute Gasteiger partial charge is 0.316 e. The SMILES string of the molecule is CC(=O)Nc1nc(CN2CC3CNCC3C2(C)C)cs1. The third kappa shape index (κ3) is 2.47. The highest BCUT2D eigenvalue weighted by molar-refractivity contribution is 7.13. The lowest BCUT2D eigenvalue weighted by molar-refractivity contribution is -0.114. The third-order valence-electron chi connectivity index (χ3n) is 4.70. The van der Waals surface area contributed by atoms with Gasteiger partial charge in [-0.25, -0.2) is 4.98 Å². The van der Waals surface area contributed by atoms with Crippen molar-refractivity contribution in [3.63, 3.8) is 0 Å². The molecular formula is C14H22N4OS. The Morgan fingerprint density at radius 1 is 1.60 bits per heavy atom. The fourth-order valence-electron chi connectivity index (χ4n) is 3.56. The second-order valence-electron chi connectivity index (χ2n) is 6.38. The molecule has 2 N–H and O–H groups in total. The number of hydrogen-bond donors (Lipinski definition) is 2. The first kappa shape index (κ1) is 14.0. The van der Waals surface area contributed by atoms with E-state index in [4.69, 9.17) is 0 Å². The van der Waals surface area contributed by atoms with Crippen LogP contribution in [-0.2, 0) is 11.3 Å². The van der Waals surface area contributed by atoms with Crippen LogP contribution in [0, 0.1) is 11.8 Å². The van der Waals surface area contributed by atoms with E-state index in [-0.39, 0.29) is 11.4 Å². The number of thiazole rings is 1. The lowest BCUT2D eigenvalue weighted by Gasteiger charge is -2.35. The maximum absolute atomic E-state index is 11.0. The number of carbonyl (C=O) groups excluding carboxylic acids is 1. The van der Waals surface area contributed by atoms with Crippen LogP contribution in [0.5, 0.6) is 0 Å². The predicted molar refractivity (Wildman–Crippen MR) is 80.8 cm³/mol. The topological polar surface area (TPSA) is 57.3 Å². The monoisotopic (exact) mass is 294 g/mol. The van der Waals surface area contributed by atoms with Gasteiger partial charge in [-0.15, -0.1) is 11.3 Å². The lowest BCUT2D eigenvalue weighted by Crippen LogP contribution is -2.43. The van der Waals surface area contributed by atoms with Gasteiger partial charge in [-0.05, 0) is 32.2 Å². The van der Waals surface area contributed by atoms with Crippen molar-refractivity contribution in [3.8, 4) is 0 Å². The lowest BCUT2D eigenvalue weighted by atomic mass is 9.85. The molecule has 1 aromatic heterocycles. The number of fused-ring (bicyclic) bond motifs is 1. The van der Waals surface area contributed by atoms with Crippen LogP contribution in [0.25, 0.3) is 0 Å². The van der Waals surface area contributed by atoms with E-state index in [0.717, 1.165) is 43.7 Å². The molecule has 6 heteroatoms. The van der Waals surface area contributed by atoms with Gasteiger partial charge in [0.05, 0.1) is 5.69 Å². The molecule has 0 aliphatic carbocycles. The zero-order chi connectivity index (χ0) is 14.3. The minimum absolute atomic E-state index is 0.0620. The molecule has 1 aromatic rings. The first-order chi connectivity index (χ1) is 9.46. The van der Waals surface area contributed by atoms with Gasteiger partial charge in [-0.1, -0.05) is 0 Å². The van der Waals surface area contributed by atoms with Crippen LogP contribution in [0.3, 0.4) is 0 Å². The second-order valence-corrected chi connectivity index (χ2v) is 7.24. The summed E-state index contributed by atoms with van der Waals surface area (Å²) in [5, 5.41) is 9.00. The Bertz CT molecular complexity index is 513. The normalized spacial score (nSPS) is 28.6. The Kier molecular flexibility index (Phi) is 3.56. The Labute approximate surface area is 123 Å². The zero-order valence-corrected chi connectivity index (χ0v) is 13.1. The van der Waals surface area contributed by atoms with Gasteiger partial charge in [0, 0.05) is 37.5 Å². The summed E-state index contributed by atoms with van der Waals surface area (Å²) >= 11 is 1.50. The molecule has 2 aliphatic heterocycles. The summed E-state index contributed by atoms with van der Waals surface area (Å²) in [6, 6.07) is 0. The van der Waals surface area contributed by atoms with Crippen molar-refractivity contribution in [2.45, 2.75) is 32.9 Å². The van der Waals surface area contributed by atoms with Crippen molar-refractivity contribution in [2.75, 3.05) is 25.0 Å². The summed E-state index contributed by atoms with van der Waals surface area (Å²) in [4.78, 5) is 18.1. The molecule has 2 aliphatic rings.